The maximum atomic E-state index is 4.38. The molecule has 0 bridgehead atoms. The molecule has 2 aromatic rings. The summed E-state index contributed by atoms with van der Waals surface area (Å²) in [5.41, 5.74) is 2.16. The molecule has 0 atom stereocenters. The highest BCUT2D eigenvalue weighted by Crippen LogP contribution is 2.17. The molecule has 0 aliphatic carbocycles. The molecule has 1 aromatic heterocycles. The van der Waals surface area contributed by atoms with E-state index in [2.05, 4.69) is 47.2 Å². The van der Waals surface area contributed by atoms with Gasteiger partial charge in [0.05, 0.1) is 12.2 Å². The average Bonchev–Trinajstić information content (AvgIpc) is 2.50. The van der Waals surface area contributed by atoms with Crippen LogP contribution in [0, 0.1) is 6.92 Å². The first kappa shape index (κ1) is 19.8. The predicted octanol–water partition coefficient (Wildman–Crippen LogP) is 3.37. The van der Waals surface area contributed by atoms with Gasteiger partial charge in [-0.1, -0.05) is 34.1 Å². The Hall–Kier alpha value is -1.22. The zero-order valence-corrected chi connectivity index (χ0v) is 17.4. The predicted molar refractivity (Wildman–Crippen MR) is 108 cm³/mol. The number of nitrogens with zero attached hydrogens (tertiary/aromatic N) is 4. The minimum absolute atomic E-state index is 0. The molecule has 0 amide bonds. The number of nitrogens with one attached hydrogen (secondary N) is 1. The Bertz CT molecular complexity index is 662. The van der Waals surface area contributed by atoms with Crippen LogP contribution in [-0.4, -0.2) is 34.9 Å². The number of hydrogen-bond donors (Lipinski definition) is 1. The van der Waals surface area contributed by atoms with Gasteiger partial charge in [0.25, 0.3) is 0 Å². The zero-order chi connectivity index (χ0) is 15.9. The Kier molecular flexibility index (Phi) is 8.46. The van der Waals surface area contributed by atoms with Crippen LogP contribution in [0.4, 0.5) is 0 Å². The molecule has 1 N–H and O–H groups in total. The molecule has 0 saturated carbocycles. The summed E-state index contributed by atoms with van der Waals surface area (Å²) < 4.78 is 1.10. The van der Waals surface area contributed by atoms with Gasteiger partial charge in [0, 0.05) is 31.3 Å². The summed E-state index contributed by atoms with van der Waals surface area (Å²) in [4.78, 5) is 14.9. The van der Waals surface area contributed by atoms with E-state index in [1.807, 2.05) is 38.2 Å². The lowest BCUT2D eigenvalue weighted by atomic mass is 10.2. The van der Waals surface area contributed by atoms with Crippen LogP contribution in [-0.2, 0) is 13.1 Å². The van der Waals surface area contributed by atoms with E-state index >= 15 is 0 Å². The van der Waals surface area contributed by atoms with Crippen LogP contribution in [0.25, 0.3) is 0 Å². The van der Waals surface area contributed by atoms with Gasteiger partial charge in [0.1, 0.15) is 5.82 Å². The fourth-order valence-corrected chi connectivity index (χ4v) is 2.53. The van der Waals surface area contributed by atoms with Crippen LogP contribution >= 0.6 is 39.9 Å². The Morgan fingerprint density at radius 2 is 2.04 bits per heavy atom. The maximum Gasteiger partial charge on any atom is 0.194 e. The van der Waals surface area contributed by atoms with Gasteiger partial charge in [-0.2, -0.15) is 0 Å². The molecule has 1 aromatic carbocycles. The van der Waals surface area contributed by atoms with Crippen molar-refractivity contribution >= 4 is 45.9 Å². The number of benzene rings is 1. The molecule has 5 nitrogen and oxygen atoms in total. The van der Waals surface area contributed by atoms with Crippen LogP contribution in [0.2, 0.25) is 0 Å². The lowest BCUT2D eigenvalue weighted by molar-refractivity contribution is 0.475. The summed E-state index contributed by atoms with van der Waals surface area (Å²) in [5.74, 6) is 1.60. The molecule has 0 aliphatic heterocycles. The van der Waals surface area contributed by atoms with Gasteiger partial charge in [0.2, 0.25) is 0 Å². The molecule has 0 aliphatic rings. The third kappa shape index (κ3) is 6.06. The van der Waals surface area contributed by atoms with Crippen LogP contribution in [0.15, 0.2) is 46.0 Å². The Labute approximate surface area is 162 Å². The van der Waals surface area contributed by atoms with E-state index in [0.29, 0.717) is 6.54 Å². The average molecular weight is 490 g/mol. The highest BCUT2D eigenvalue weighted by molar-refractivity contribution is 14.0. The van der Waals surface area contributed by atoms with Crippen molar-refractivity contribution in [2.45, 2.75) is 20.0 Å². The molecule has 23 heavy (non-hydrogen) atoms. The van der Waals surface area contributed by atoms with Crippen molar-refractivity contribution in [3.8, 4) is 0 Å². The monoisotopic (exact) mass is 489 g/mol. The number of aromatic nitrogens is 2. The van der Waals surface area contributed by atoms with E-state index in [1.165, 1.54) is 5.56 Å². The summed E-state index contributed by atoms with van der Waals surface area (Å²) in [6.45, 7) is 3.28. The van der Waals surface area contributed by atoms with Crippen LogP contribution in [0.5, 0.6) is 0 Å². The van der Waals surface area contributed by atoms with Gasteiger partial charge < -0.3 is 10.2 Å². The standard InChI is InChI=1S/C16H20BrN5.HI/c1-12-19-9-8-14(21-12)10-20-16(18-2)22(3)11-13-6-4-5-7-15(13)17;/h4-9H,10-11H2,1-3H3,(H,18,20);1H. The maximum absolute atomic E-state index is 4.38. The SMILES string of the molecule is CN=C(NCc1ccnc(C)n1)N(C)Cc1ccccc1Br.I. The van der Waals surface area contributed by atoms with Crippen LogP contribution < -0.4 is 5.32 Å². The normalized spacial score (nSPS) is 10.9. The summed E-state index contributed by atoms with van der Waals surface area (Å²) in [6, 6.07) is 10.1. The molecule has 0 fully saturated rings. The van der Waals surface area contributed by atoms with Gasteiger partial charge in [-0.15, -0.1) is 24.0 Å². The fraction of sp³-hybridized carbons (Fsp3) is 0.312. The summed E-state index contributed by atoms with van der Waals surface area (Å²) in [5, 5.41) is 3.32. The number of rotatable bonds is 4. The third-order valence-electron chi connectivity index (χ3n) is 3.20. The van der Waals surface area contributed by atoms with E-state index in [0.717, 1.165) is 28.5 Å². The van der Waals surface area contributed by atoms with E-state index < -0.39 is 0 Å². The smallest absolute Gasteiger partial charge is 0.194 e. The van der Waals surface area contributed by atoms with Crippen molar-refractivity contribution in [1.82, 2.24) is 20.2 Å². The van der Waals surface area contributed by atoms with Gasteiger partial charge in [-0.25, -0.2) is 9.97 Å². The van der Waals surface area contributed by atoms with E-state index in [1.54, 1.807) is 13.2 Å². The number of aliphatic imine (C=N–C) groups is 1. The number of hydrogen-bond acceptors (Lipinski definition) is 3. The van der Waals surface area contributed by atoms with Gasteiger partial charge in [0.15, 0.2) is 5.96 Å². The van der Waals surface area contributed by atoms with Gasteiger partial charge >= 0.3 is 0 Å². The Morgan fingerprint density at radius 3 is 2.70 bits per heavy atom. The second-order valence-corrected chi connectivity index (χ2v) is 5.80. The first-order chi connectivity index (χ1) is 10.6. The Morgan fingerprint density at radius 1 is 1.30 bits per heavy atom. The lowest BCUT2D eigenvalue weighted by Gasteiger charge is -2.22. The molecule has 2 rings (SSSR count). The van der Waals surface area contributed by atoms with Crippen molar-refractivity contribution in [2.24, 2.45) is 4.99 Å². The molecule has 124 valence electrons. The number of guanidine groups is 1. The second kappa shape index (κ2) is 9.82. The summed E-state index contributed by atoms with van der Waals surface area (Å²) in [7, 11) is 3.80. The van der Waals surface area contributed by atoms with Crippen molar-refractivity contribution in [3.05, 3.63) is 58.1 Å². The number of halogens is 2. The topological polar surface area (TPSA) is 53.4 Å². The highest BCUT2D eigenvalue weighted by Gasteiger charge is 2.08. The second-order valence-electron chi connectivity index (χ2n) is 4.94. The van der Waals surface area contributed by atoms with Gasteiger partial charge in [-0.3, -0.25) is 4.99 Å². The molecule has 7 heteroatoms. The van der Waals surface area contributed by atoms with Crippen molar-refractivity contribution in [3.63, 3.8) is 0 Å². The molecule has 0 saturated heterocycles. The fourth-order valence-electron chi connectivity index (χ4n) is 2.11. The lowest BCUT2D eigenvalue weighted by Crippen LogP contribution is -2.38. The molecule has 0 spiro atoms. The third-order valence-corrected chi connectivity index (χ3v) is 3.97. The van der Waals surface area contributed by atoms with E-state index in [9.17, 15) is 0 Å². The van der Waals surface area contributed by atoms with Crippen molar-refractivity contribution < 1.29 is 0 Å². The quantitative estimate of drug-likeness (QED) is 0.406. The highest BCUT2D eigenvalue weighted by atomic mass is 127. The van der Waals surface area contributed by atoms with Crippen molar-refractivity contribution in [2.75, 3.05) is 14.1 Å². The first-order valence-corrected chi connectivity index (χ1v) is 7.83. The van der Waals surface area contributed by atoms with Crippen LogP contribution in [0.1, 0.15) is 17.1 Å². The minimum Gasteiger partial charge on any atom is -0.351 e. The van der Waals surface area contributed by atoms with Gasteiger partial charge in [-0.05, 0) is 24.6 Å². The van der Waals surface area contributed by atoms with Crippen LogP contribution in [0.3, 0.4) is 0 Å². The van der Waals surface area contributed by atoms with Crippen molar-refractivity contribution in [1.29, 1.82) is 0 Å². The van der Waals surface area contributed by atoms with E-state index in [-0.39, 0.29) is 24.0 Å². The zero-order valence-electron chi connectivity index (χ0n) is 13.5. The molecule has 0 radical (unpaired) electrons. The molecular formula is C16H21BrIN5. The number of aryl methyl sites for hydroxylation is 1. The molecule has 1 heterocycles. The first-order valence-electron chi connectivity index (χ1n) is 7.04. The molecule has 0 unspecified atom stereocenters. The minimum atomic E-state index is 0. The Balaban J connectivity index is 0.00000264. The summed E-state index contributed by atoms with van der Waals surface area (Å²) in [6.07, 6.45) is 1.77. The largest absolute Gasteiger partial charge is 0.351 e. The van der Waals surface area contributed by atoms with E-state index in [4.69, 9.17) is 0 Å². The molecular weight excluding hydrogens is 469 g/mol. The summed E-state index contributed by atoms with van der Waals surface area (Å²) >= 11 is 3.58.